The number of benzene rings is 1. The van der Waals surface area contributed by atoms with E-state index < -0.39 is 0 Å². The molecule has 1 aromatic heterocycles. The van der Waals surface area contributed by atoms with Gasteiger partial charge in [0.05, 0.1) is 16.9 Å². The van der Waals surface area contributed by atoms with Gasteiger partial charge in [0.1, 0.15) is 0 Å². The van der Waals surface area contributed by atoms with Crippen molar-refractivity contribution in [2.45, 2.75) is 18.8 Å². The molecule has 2 N–H and O–H groups in total. The van der Waals surface area contributed by atoms with E-state index in [1.54, 1.807) is 0 Å². The molecule has 1 saturated carbocycles. The molecule has 0 bridgehead atoms. The summed E-state index contributed by atoms with van der Waals surface area (Å²) in [6.07, 6.45) is 2.38. The molecule has 15 heavy (non-hydrogen) atoms. The molecule has 0 spiro atoms. The molecular formula is C11H10ClN3. The molecule has 0 aliphatic heterocycles. The molecule has 1 aromatic carbocycles. The van der Waals surface area contributed by atoms with Crippen LogP contribution in [0.5, 0.6) is 0 Å². The third-order valence-electron chi connectivity index (χ3n) is 2.72. The lowest BCUT2D eigenvalue weighted by atomic mass is 10.1. The minimum atomic E-state index is 0.294. The van der Waals surface area contributed by atoms with Gasteiger partial charge in [0.2, 0.25) is 5.28 Å². The molecule has 4 heteroatoms. The maximum absolute atomic E-state index is 5.89. The van der Waals surface area contributed by atoms with Crippen molar-refractivity contribution < 1.29 is 0 Å². The van der Waals surface area contributed by atoms with E-state index in [0.717, 1.165) is 16.6 Å². The molecule has 0 atom stereocenters. The number of fused-ring (bicyclic) bond motifs is 1. The monoisotopic (exact) mass is 219 g/mol. The van der Waals surface area contributed by atoms with Crippen LogP contribution in [0.1, 0.15) is 24.5 Å². The van der Waals surface area contributed by atoms with Gasteiger partial charge in [-0.2, -0.15) is 0 Å². The number of nitrogens with zero attached hydrogens (tertiary/aromatic N) is 2. The van der Waals surface area contributed by atoms with Crippen LogP contribution in [0.25, 0.3) is 10.9 Å². The predicted molar refractivity (Wildman–Crippen MR) is 60.9 cm³/mol. The number of rotatable bonds is 1. The normalized spacial score (nSPS) is 15.8. The second-order valence-corrected chi connectivity index (χ2v) is 4.23. The number of nitrogens with two attached hydrogens (primary N) is 1. The molecule has 1 aliphatic rings. The lowest BCUT2D eigenvalue weighted by Gasteiger charge is -2.06. The van der Waals surface area contributed by atoms with E-state index in [4.69, 9.17) is 17.3 Å². The zero-order valence-electron chi connectivity index (χ0n) is 8.07. The standard InChI is InChI=1S/C11H10ClN3/c12-11-14-9(6-4-5-6)7-2-1-3-8(13)10(7)15-11/h1-3,6H,4-5,13H2. The molecule has 0 saturated heterocycles. The van der Waals surface area contributed by atoms with Crippen molar-refractivity contribution in [1.29, 1.82) is 0 Å². The van der Waals surface area contributed by atoms with Crippen molar-refractivity contribution in [3.05, 3.63) is 29.2 Å². The number of para-hydroxylation sites is 1. The van der Waals surface area contributed by atoms with Crippen LogP contribution in [0.4, 0.5) is 5.69 Å². The predicted octanol–water partition coefficient (Wildman–Crippen LogP) is 2.74. The van der Waals surface area contributed by atoms with Gasteiger partial charge in [-0.3, -0.25) is 0 Å². The average molecular weight is 220 g/mol. The molecule has 0 radical (unpaired) electrons. The van der Waals surface area contributed by atoms with Crippen LogP contribution in [-0.4, -0.2) is 9.97 Å². The molecule has 1 aliphatic carbocycles. The summed E-state index contributed by atoms with van der Waals surface area (Å²) in [6.45, 7) is 0. The molecule has 3 nitrogen and oxygen atoms in total. The second kappa shape index (κ2) is 3.07. The van der Waals surface area contributed by atoms with Gasteiger partial charge in [-0.05, 0) is 30.5 Å². The highest BCUT2D eigenvalue weighted by Crippen LogP contribution is 2.42. The highest BCUT2D eigenvalue weighted by atomic mass is 35.5. The fourth-order valence-electron chi connectivity index (χ4n) is 1.84. The van der Waals surface area contributed by atoms with E-state index in [2.05, 4.69) is 9.97 Å². The quantitative estimate of drug-likeness (QED) is 0.593. The molecule has 2 aromatic rings. The molecule has 76 valence electrons. The first kappa shape index (κ1) is 8.92. The van der Waals surface area contributed by atoms with Crippen molar-refractivity contribution in [3.63, 3.8) is 0 Å². The van der Waals surface area contributed by atoms with Crippen LogP contribution >= 0.6 is 11.6 Å². The minimum Gasteiger partial charge on any atom is -0.397 e. The number of nitrogen functional groups attached to an aromatic ring is 1. The van der Waals surface area contributed by atoms with Gasteiger partial charge in [0.15, 0.2) is 0 Å². The number of hydrogen-bond acceptors (Lipinski definition) is 3. The minimum absolute atomic E-state index is 0.294. The van der Waals surface area contributed by atoms with E-state index in [1.807, 2.05) is 18.2 Å². The lowest BCUT2D eigenvalue weighted by molar-refractivity contribution is 1.02. The number of halogens is 1. The van der Waals surface area contributed by atoms with Gasteiger partial charge in [0, 0.05) is 11.3 Å². The van der Waals surface area contributed by atoms with E-state index >= 15 is 0 Å². The third-order valence-corrected chi connectivity index (χ3v) is 2.89. The van der Waals surface area contributed by atoms with Crippen molar-refractivity contribution in [2.75, 3.05) is 5.73 Å². The average Bonchev–Trinajstić information content (AvgIpc) is 3.02. The lowest BCUT2D eigenvalue weighted by Crippen LogP contribution is -1.96. The van der Waals surface area contributed by atoms with Gasteiger partial charge in [-0.15, -0.1) is 0 Å². The Kier molecular flexibility index (Phi) is 1.83. The van der Waals surface area contributed by atoms with Gasteiger partial charge in [-0.1, -0.05) is 12.1 Å². The largest absolute Gasteiger partial charge is 0.397 e. The second-order valence-electron chi connectivity index (χ2n) is 3.90. The van der Waals surface area contributed by atoms with E-state index in [9.17, 15) is 0 Å². The van der Waals surface area contributed by atoms with E-state index in [-0.39, 0.29) is 0 Å². The summed E-state index contributed by atoms with van der Waals surface area (Å²) in [5.74, 6) is 0.551. The first-order chi connectivity index (χ1) is 7.25. The highest BCUT2D eigenvalue weighted by Gasteiger charge is 2.27. The maximum Gasteiger partial charge on any atom is 0.223 e. The maximum atomic E-state index is 5.89. The summed E-state index contributed by atoms with van der Waals surface area (Å²) in [5.41, 5.74) is 8.36. The van der Waals surface area contributed by atoms with Crippen LogP contribution < -0.4 is 5.73 Å². The van der Waals surface area contributed by atoms with Crippen molar-refractivity contribution in [2.24, 2.45) is 0 Å². The van der Waals surface area contributed by atoms with Crippen LogP contribution in [0, 0.1) is 0 Å². The molecule has 1 fully saturated rings. The zero-order chi connectivity index (χ0) is 10.4. The summed E-state index contributed by atoms with van der Waals surface area (Å²) in [5, 5.41) is 1.34. The smallest absolute Gasteiger partial charge is 0.223 e. The van der Waals surface area contributed by atoms with Gasteiger partial charge >= 0.3 is 0 Å². The molecular weight excluding hydrogens is 210 g/mol. The Labute approximate surface area is 92.3 Å². The fraction of sp³-hybridized carbons (Fsp3) is 0.273. The summed E-state index contributed by atoms with van der Waals surface area (Å²) >= 11 is 5.89. The van der Waals surface area contributed by atoms with E-state index in [1.165, 1.54) is 12.8 Å². The van der Waals surface area contributed by atoms with Crippen LogP contribution in [0.15, 0.2) is 18.2 Å². The van der Waals surface area contributed by atoms with E-state index in [0.29, 0.717) is 16.9 Å². The molecule has 1 heterocycles. The van der Waals surface area contributed by atoms with Gasteiger partial charge in [-0.25, -0.2) is 9.97 Å². The molecule has 0 unspecified atom stereocenters. The first-order valence-electron chi connectivity index (χ1n) is 4.97. The van der Waals surface area contributed by atoms with Gasteiger partial charge in [0.25, 0.3) is 0 Å². The van der Waals surface area contributed by atoms with Crippen LogP contribution in [0.3, 0.4) is 0 Å². The molecule has 3 rings (SSSR count). The third kappa shape index (κ3) is 1.43. The van der Waals surface area contributed by atoms with Crippen LogP contribution in [0.2, 0.25) is 5.28 Å². The Morgan fingerprint density at radius 1 is 1.27 bits per heavy atom. The van der Waals surface area contributed by atoms with Crippen molar-refractivity contribution in [3.8, 4) is 0 Å². The molecule has 0 amide bonds. The number of hydrogen-bond donors (Lipinski definition) is 1. The number of anilines is 1. The number of aromatic nitrogens is 2. The summed E-state index contributed by atoms with van der Waals surface area (Å²) in [7, 11) is 0. The Bertz CT molecular complexity index is 535. The van der Waals surface area contributed by atoms with Crippen molar-refractivity contribution >= 4 is 28.2 Å². The Morgan fingerprint density at radius 3 is 2.80 bits per heavy atom. The Hall–Kier alpha value is -1.35. The first-order valence-corrected chi connectivity index (χ1v) is 5.35. The Balaban J connectivity index is 2.38. The zero-order valence-corrected chi connectivity index (χ0v) is 8.83. The summed E-state index contributed by atoms with van der Waals surface area (Å²) in [6, 6.07) is 5.78. The Morgan fingerprint density at radius 2 is 2.07 bits per heavy atom. The highest BCUT2D eigenvalue weighted by molar-refractivity contribution is 6.28. The van der Waals surface area contributed by atoms with Gasteiger partial charge < -0.3 is 5.73 Å². The fourth-order valence-corrected chi connectivity index (χ4v) is 2.01. The summed E-state index contributed by atoms with van der Waals surface area (Å²) < 4.78 is 0. The summed E-state index contributed by atoms with van der Waals surface area (Å²) in [4.78, 5) is 8.48. The van der Waals surface area contributed by atoms with Crippen molar-refractivity contribution in [1.82, 2.24) is 9.97 Å². The topological polar surface area (TPSA) is 51.8 Å². The van der Waals surface area contributed by atoms with Crippen LogP contribution in [-0.2, 0) is 0 Å². The SMILES string of the molecule is Nc1cccc2c(C3CC3)nc(Cl)nc12.